The number of rotatable bonds is 4. The minimum Gasteiger partial charge on any atom is -0.458 e. The van der Waals surface area contributed by atoms with Gasteiger partial charge in [-0.3, -0.25) is 0 Å². The molecule has 0 spiro atoms. The second-order valence-electron chi connectivity index (χ2n) is 5.57. The van der Waals surface area contributed by atoms with Crippen LogP contribution in [-0.4, -0.2) is 36.1 Å². The van der Waals surface area contributed by atoms with Gasteiger partial charge in [-0.1, -0.05) is 12.1 Å². The van der Waals surface area contributed by atoms with Gasteiger partial charge in [0.1, 0.15) is 18.2 Å². The van der Waals surface area contributed by atoms with Gasteiger partial charge in [-0.15, -0.1) is 0 Å². The third-order valence-electron chi connectivity index (χ3n) is 4.01. The molecule has 7 heteroatoms. The van der Waals surface area contributed by atoms with Gasteiger partial charge < -0.3 is 19.8 Å². The summed E-state index contributed by atoms with van der Waals surface area (Å²) < 4.78 is 24.3. The van der Waals surface area contributed by atoms with Gasteiger partial charge in [0.25, 0.3) is 0 Å². The molecule has 126 valence electrons. The highest BCUT2D eigenvalue weighted by molar-refractivity contribution is 5.87. The van der Waals surface area contributed by atoms with Gasteiger partial charge in [0.15, 0.2) is 0 Å². The summed E-state index contributed by atoms with van der Waals surface area (Å²) in [6.45, 7) is 0.618. The number of likely N-dealkylation sites (tertiary alicyclic amines) is 1. The standard InChI is InChI=1S/C17H17FN2O4/c18-13-6-2-1-5-12(13)14-7-8-15(24-14)16(21)23-10-11-4-3-9-20(11)17(19)22/h1-2,5-8,11H,3-4,9-10H2,(H2,19,22)/t11-/m1/s1. The fraction of sp³-hybridized carbons (Fsp3) is 0.294. The summed E-state index contributed by atoms with van der Waals surface area (Å²) >= 11 is 0. The predicted octanol–water partition coefficient (Wildman–Crippen LogP) is 2.79. The molecule has 3 rings (SSSR count). The number of nitrogens with two attached hydrogens (primary N) is 1. The molecule has 2 heterocycles. The van der Waals surface area contributed by atoms with Crippen molar-refractivity contribution in [3.8, 4) is 11.3 Å². The Morgan fingerprint density at radius 3 is 2.83 bits per heavy atom. The van der Waals surface area contributed by atoms with Crippen molar-refractivity contribution >= 4 is 12.0 Å². The van der Waals surface area contributed by atoms with E-state index in [9.17, 15) is 14.0 Å². The molecule has 1 saturated heterocycles. The molecule has 1 aromatic heterocycles. The molecule has 2 aromatic rings. The summed E-state index contributed by atoms with van der Waals surface area (Å²) in [4.78, 5) is 24.8. The van der Waals surface area contributed by atoms with Crippen molar-refractivity contribution in [2.24, 2.45) is 5.73 Å². The Kier molecular flexibility index (Phi) is 4.50. The molecule has 0 unspecified atom stereocenters. The first kappa shape index (κ1) is 16.0. The molecule has 1 atom stereocenters. The van der Waals surface area contributed by atoms with Gasteiger partial charge in [0.05, 0.1) is 11.6 Å². The Morgan fingerprint density at radius 2 is 2.08 bits per heavy atom. The molecule has 1 aliphatic rings. The van der Waals surface area contributed by atoms with Gasteiger partial charge in [-0.05, 0) is 37.1 Å². The number of urea groups is 1. The number of amides is 2. The predicted molar refractivity (Wildman–Crippen MR) is 83.7 cm³/mol. The number of halogens is 1. The number of esters is 1. The molecule has 24 heavy (non-hydrogen) atoms. The molecule has 1 aliphatic heterocycles. The van der Waals surface area contributed by atoms with Crippen molar-refractivity contribution < 1.29 is 23.1 Å². The van der Waals surface area contributed by atoms with Crippen molar-refractivity contribution in [2.75, 3.05) is 13.2 Å². The average Bonchev–Trinajstić information content (AvgIpc) is 3.22. The lowest BCUT2D eigenvalue weighted by Gasteiger charge is -2.21. The van der Waals surface area contributed by atoms with Crippen LogP contribution in [0, 0.1) is 5.82 Å². The minimum absolute atomic E-state index is 0.0168. The smallest absolute Gasteiger partial charge is 0.374 e. The third-order valence-corrected chi connectivity index (χ3v) is 4.01. The maximum Gasteiger partial charge on any atom is 0.374 e. The van der Waals surface area contributed by atoms with Crippen LogP contribution in [0.25, 0.3) is 11.3 Å². The monoisotopic (exact) mass is 332 g/mol. The molecule has 6 nitrogen and oxygen atoms in total. The minimum atomic E-state index is -0.658. The van der Waals surface area contributed by atoms with Crippen molar-refractivity contribution in [3.05, 3.63) is 48.0 Å². The first-order chi connectivity index (χ1) is 11.6. The van der Waals surface area contributed by atoms with Gasteiger partial charge in [-0.25, -0.2) is 14.0 Å². The topological polar surface area (TPSA) is 85.8 Å². The Bertz CT molecular complexity index is 759. The summed E-state index contributed by atoms with van der Waals surface area (Å²) in [5.41, 5.74) is 5.55. The van der Waals surface area contributed by atoms with E-state index in [-0.39, 0.29) is 29.7 Å². The Morgan fingerprint density at radius 1 is 1.29 bits per heavy atom. The lowest BCUT2D eigenvalue weighted by Crippen LogP contribution is -2.41. The Balaban J connectivity index is 1.64. The van der Waals surface area contributed by atoms with Crippen LogP contribution < -0.4 is 5.73 Å². The van der Waals surface area contributed by atoms with E-state index in [1.807, 2.05) is 0 Å². The van der Waals surface area contributed by atoms with Crippen LogP contribution in [0.3, 0.4) is 0 Å². The van der Waals surface area contributed by atoms with Crippen molar-refractivity contribution in [1.82, 2.24) is 4.90 Å². The molecule has 0 aliphatic carbocycles. The summed E-state index contributed by atoms with van der Waals surface area (Å²) in [6, 6.07) is 8.34. The lowest BCUT2D eigenvalue weighted by molar-refractivity contribution is 0.0388. The molecule has 0 bridgehead atoms. The highest BCUT2D eigenvalue weighted by atomic mass is 19.1. The van der Waals surface area contributed by atoms with E-state index in [0.29, 0.717) is 6.54 Å². The number of carbonyl (C=O) groups excluding carboxylic acids is 2. The average molecular weight is 332 g/mol. The van der Waals surface area contributed by atoms with Crippen molar-refractivity contribution in [2.45, 2.75) is 18.9 Å². The van der Waals surface area contributed by atoms with Crippen molar-refractivity contribution in [3.63, 3.8) is 0 Å². The number of hydrogen-bond donors (Lipinski definition) is 1. The second kappa shape index (κ2) is 6.74. The van der Waals surface area contributed by atoms with E-state index in [2.05, 4.69) is 0 Å². The number of carbonyl (C=O) groups is 2. The van der Waals surface area contributed by atoms with E-state index in [1.165, 1.54) is 23.1 Å². The molecular weight excluding hydrogens is 315 g/mol. The summed E-state index contributed by atoms with van der Waals surface area (Å²) in [6.07, 6.45) is 1.55. The Hall–Kier alpha value is -2.83. The molecule has 0 saturated carbocycles. The van der Waals surface area contributed by atoms with Crippen LogP contribution in [0.15, 0.2) is 40.8 Å². The zero-order chi connectivity index (χ0) is 17.1. The van der Waals surface area contributed by atoms with E-state index >= 15 is 0 Å². The van der Waals surface area contributed by atoms with Crippen LogP contribution >= 0.6 is 0 Å². The summed E-state index contributed by atoms with van der Waals surface area (Å²) in [5, 5.41) is 0. The third kappa shape index (κ3) is 3.24. The molecule has 2 N–H and O–H groups in total. The number of benzene rings is 1. The van der Waals surface area contributed by atoms with Gasteiger partial charge >= 0.3 is 12.0 Å². The largest absolute Gasteiger partial charge is 0.458 e. The van der Waals surface area contributed by atoms with E-state index in [0.717, 1.165) is 12.8 Å². The highest BCUT2D eigenvalue weighted by Crippen LogP contribution is 2.25. The van der Waals surface area contributed by atoms with Crippen LogP contribution in [0.4, 0.5) is 9.18 Å². The first-order valence-corrected chi connectivity index (χ1v) is 7.64. The normalized spacial score (nSPS) is 17.0. The van der Waals surface area contributed by atoms with Crippen LogP contribution in [0.5, 0.6) is 0 Å². The Labute approximate surface area is 138 Å². The fourth-order valence-electron chi connectivity index (χ4n) is 2.80. The van der Waals surface area contributed by atoms with E-state index < -0.39 is 17.8 Å². The lowest BCUT2D eigenvalue weighted by atomic mass is 10.1. The van der Waals surface area contributed by atoms with Crippen LogP contribution in [-0.2, 0) is 4.74 Å². The molecule has 2 amide bonds. The van der Waals surface area contributed by atoms with Gasteiger partial charge in [0, 0.05) is 6.54 Å². The zero-order valence-corrected chi connectivity index (χ0v) is 12.9. The van der Waals surface area contributed by atoms with E-state index in [1.54, 1.807) is 18.2 Å². The number of nitrogens with zero attached hydrogens (tertiary/aromatic N) is 1. The SMILES string of the molecule is NC(=O)N1CCC[C@@H]1COC(=O)c1ccc(-c2ccccc2F)o1. The van der Waals surface area contributed by atoms with Gasteiger partial charge in [-0.2, -0.15) is 0 Å². The summed E-state index contributed by atoms with van der Waals surface area (Å²) in [7, 11) is 0. The van der Waals surface area contributed by atoms with Crippen molar-refractivity contribution in [1.29, 1.82) is 0 Å². The number of furan rings is 1. The quantitative estimate of drug-likeness (QED) is 0.872. The molecular formula is C17H17FN2O4. The highest BCUT2D eigenvalue weighted by Gasteiger charge is 2.28. The first-order valence-electron chi connectivity index (χ1n) is 7.64. The van der Waals surface area contributed by atoms with Crippen LogP contribution in [0.2, 0.25) is 0 Å². The molecule has 1 fully saturated rings. The van der Waals surface area contributed by atoms with E-state index in [4.69, 9.17) is 14.9 Å². The fourth-order valence-corrected chi connectivity index (χ4v) is 2.80. The molecule has 1 aromatic carbocycles. The maximum absolute atomic E-state index is 13.7. The zero-order valence-electron chi connectivity index (χ0n) is 12.9. The maximum atomic E-state index is 13.7. The number of hydrogen-bond acceptors (Lipinski definition) is 4. The number of primary amides is 1. The number of ether oxygens (including phenoxy) is 1. The second-order valence-corrected chi connectivity index (χ2v) is 5.57. The molecule has 0 radical (unpaired) electrons. The van der Waals surface area contributed by atoms with Crippen LogP contribution in [0.1, 0.15) is 23.4 Å². The summed E-state index contributed by atoms with van der Waals surface area (Å²) in [5.74, 6) is -0.861. The van der Waals surface area contributed by atoms with Gasteiger partial charge in [0.2, 0.25) is 5.76 Å².